The number of hydrogen-bond donors (Lipinski definition) is 2. The van der Waals surface area contributed by atoms with Crippen LogP contribution in [0.1, 0.15) is 30.1 Å². The van der Waals surface area contributed by atoms with E-state index in [1.165, 1.54) is 7.11 Å². The van der Waals surface area contributed by atoms with Gasteiger partial charge in [-0.05, 0) is 38.0 Å². The molecule has 0 saturated carbocycles. The molecule has 9 nitrogen and oxygen atoms in total. The zero-order valence-electron chi connectivity index (χ0n) is 16.6. The van der Waals surface area contributed by atoms with Gasteiger partial charge in [-0.2, -0.15) is 4.98 Å². The first-order valence-corrected chi connectivity index (χ1v) is 9.56. The van der Waals surface area contributed by atoms with Crippen molar-refractivity contribution in [1.29, 1.82) is 0 Å². The van der Waals surface area contributed by atoms with E-state index in [0.29, 0.717) is 42.7 Å². The smallest absolute Gasteiger partial charge is 0.409 e. The molecule has 0 atom stereocenters. The molecule has 3 rings (SSSR count). The molecule has 2 heterocycles. The number of rotatable bonds is 6. The maximum atomic E-state index is 11.9. The fourth-order valence-corrected chi connectivity index (χ4v) is 3.12. The van der Waals surface area contributed by atoms with Crippen molar-refractivity contribution in [1.82, 2.24) is 14.9 Å². The predicted molar refractivity (Wildman–Crippen MR) is 108 cm³/mol. The molecule has 154 valence electrons. The van der Waals surface area contributed by atoms with Crippen LogP contribution in [0.25, 0.3) is 0 Å². The number of methoxy groups -OCH3 is 1. The van der Waals surface area contributed by atoms with Gasteiger partial charge in [0.15, 0.2) is 0 Å². The van der Waals surface area contributed by atoms with E-state index in [0.717, 1.165) is 12.8 Å². The van der Waals surface area contributed by atoms with Gasteiger partial charge in [0.25, 0.3) is 0 Å². The van der Waals surface area contributed by atoms with Gasteiger partial charge in [0.2, 0.25) is 5.95 Å². The van der Waals surface area contributed by atoms with Gasteiger partial charge < -0.3 is 25.0 Å². The Balaban J connectivity index is 1.61. The molecule has 1 aromatic carbocycles. The lowest BCUT2D eigenvalue weighted by molar-refractivity contribution is 0.0601. The number of nitrogens with zero attached hydrogens (tertiary/aromatic N) is 3. The van der Waals surface area contributed by atoms with Gasteiger partial charge in [0, 0.05) is 25.3 Å². The highest BCUT2D eigenvalue weighted by atomic mass is 16.6. The minimum Gasteiger partial charge on any atom is -0.465 e. The average Bonchev–Trinajstić information content (AvgIpc) is 2.74. The number of esters is 1. The number of para-hydroxylation sites is 1. The minimum absolute atomic E-state index is 0.165. The second-order valence-electron chi connectivity index (χ2n) is 6.53. The number of nitrogens with one attached hydrogen (secondary N) is 2. The lowest BCUT2D eigenvalue weighted by Crippen LogP contribution is -2.42. The molecule has 0 unspecified atom stereocenters. The minimum atomic E-state index is -0.422. The third kappa shape index (κ3) is 5.34. The molecule has 0 aliphatic carbocycles. The number of piperidine rings is 1. The summed E-state index contributed by atoms with van der Waals surface area (Å²) >= 11 is 0. The van der Waals surface area contributed by atoms with Crippen LogP contribution in [0.2, 0.25) is 0 Å². The number of likely N-dealkylation sites (tertiary alicyclic amines) is 1. The van der Waals surface area contributed by atoms with E-state index in [1.807, 2.05) is 6.07 Å². The lowest BCUT2D eigenvalue weighted by Gasteiger charge is -2.31. The molecular formula is C20H25N5O4. The van der Waals surface area contributed by atoms with Gasteiger partial charge >= 0.3 is 12.1 Å². The Hall–Kier alpha value is -3.36. The van der Waals surface area contributed by atoms with Crippen molar-refractivity contribution in [3.8, 4) is 0 Å². The van der Waals surface area contributed by atoms with Gasteiger partial charge in [-0.3, -0.25) is 0 Å². The second kappa shape index (κ2) is 9.72. The highest BCUT2D eigenvalue weighted by Crippen LogP contribution is 2.21. The Kier molecular flexibility index (Phi) is 6.83. The van der Waals surface area contributed by atoms with Crippen LogP contribution in [0.15, 0.2) is 36.5 Å². The summed E-state index contributed by atoms with van der Waals surface area (Å²) < 4.78 is 9.86. The second-order valence-corrected chi connectivity index (χ2v) is 6.53. The Morgan fingerprint density at radius 3 is 2.69 bits per heavy atom. The molecular weight excluding hydrogens is 374 g/mol. The summed E-state index contributed by atoms with van der Waals surface area (Å²) in [6.45, 7) is 3.43. The molecule has 29 heavy (non-hydrogen) atoms. The number of aromatic nitrogens is 2. The van der Waals surface area contributed by atoms with Crippen LogP contribution in [0.5, 0.6) is 0 Å². The molecule has 1 aliphatic rings. The monoisotopic (exact) mass is 399 g/mol. The number of ether oxygens (including phenoxy) is 2. The van der Waals surface area contributed by atoms with Crippen molar-refractivity contribution >= 4 is 29.5 Å². The molecule has 1 aromatic heterocycles. The van der Waals surface area contributed by atoms with Gasteiger partial charge in [-0.15, -0.1) is 0 Å². The molecule has 2 N–H and O–H groups in total. The van der Waals surface area contributed by atoms with Gasteiger partial charge in [-0.25, -0.2) is 14.6 Å². The first-order valence-electron chi connectivity index (χ1n) is 9.56. The van der Waals surface area contributed by atoms with E-state index < -0.39 is 5.97 Å². The van der Waals surface area contributed by atoms with Gasteiger partial charge in [0.05, 0.1) is 25.0 Å². The molecule has 0 radical (unpaired) electrons. The van der Waals surface area contributed by atoms with E-state index in [-0.39, 0.29) is 12.1 Å². The summed E-state index contributed by atoms with van der Waals surface area (Å²) in [6, 6.07) is 8.96. The van der Waals surface area contributed by atoms with E-state index >= 15 is 0 Å². The van der Waals surface area contributed by atoms with Crippen LogP contribution in [-0.2, 0) is 9.47 Å². The summed E-state index contributed by atoms with van der Waals surface area (Å²) in [5, 5.41) is 6.45. The van der Waals surface area contributed by atoms with Crippen molar-refractivity contribution in [2.24, 2.45) is 0 Å². The zero-order valence-corrected chi connectivity index (χ0v) is 16.6. The van der Waals surface area contributed by atoms with Gasteiger partial charge in [0.1, 0.15) is 5.82 Å². The highest BCUT2D eigenvalue weighted by Gasteiger charge is 2.24. The van der Waals surface area contributed by atoms with Crippen molar-refractivity contribution in [2.75, 3.05) is 37.4 Å². The quantitative estimate of drug-likeness (QED) is 0.714. The topological polar surface area (TPSA) is 106 Å². The van der Waals surface area contributed by atoms with E-state index in [9.17, 15) is 9.59 Å². The van der Waals surface area contributed by atoms with Crippen LogP contribution in [0.3, 0.4) is 0 Å². The molecule has 0 spiro atoms. The van der Waals surface area contributed by atoms with Gasteiger partial charge in [-0.1, -0.05) is 12.1 Å². The van der Waals surface area contributed by atoms with Crippen LogP contribution in [0, 0.1) is 0 Å². The zero-order chi connectivity index (χ0) is 20.6. The van der Waals surface area contributed by atoms with Crippen molar-refractivity contribution < 1.29 is 19.1 Å². The van der Waals surface area contributed by atoms with Crippen molar-refractivity contribution in [3.63, 3.8) is 0 Å². The fraction of sp³-hybridized carbons (Fsp3) is 0.400. The maximum Gasteiger partial charge on any atom is 0.409 e. The molecule has 1 aliphatic heterocycles. The number of carbonyl (C=O) groups is 2. The first kappa shape index (κ1) is 20.4. The van der Waals surface area contributed by atoms with Crippen LogP contribution in [0.4, 0.5) is 22.2 Å². The Morgan fingerprint density at radius 2 is 1.97 bits per heavy atom. The summed E-state index contributed by atoms with van der Waals surface area (Å²) in [5.74, 6) is 0.622. The van der Waals surface area contributed by atoms with Crippen LogP contribution in [-0.4, -0.2) is 59.8 Å². The van der Waals surface area contributed by atoms with E-state index in [4.69, 9.17) is 9.47 Å². The van der Waals surface area contributed by atoms with Crippen LogP contribution < -0.4 is 10.6 Å². The predicted octanol–water partition coefficient (Wildman–Crippen LogP) is 3.04. The molecule has 9 heteroatoms. The number of amides is 1. The molecule has 1 fully saturated rings. The SMILES string of the molecule is CCOC(=O)N1CCC(Nc2nccc(Nc3ccccc3C(=O)OC)n2)CC1. The third-order valence-electron chi connectivity index (χ3n) is 4.60. The largest absolute Gasteiger partial charge is 0.465 e. The summed E-state index contributed by atoms with van der Waals surface area (Å²) in [5.41, 5.74) is 1.03. The fourth-order valence-electron chi connectivity index (χ4n) is 3.12. The molecule has 1 saturated heterocycles. The van der Waals surface area contributed by atoms with Crippen molar-refractivity contribution in [2.45, 2.75) is 25.8 Å². The van der Waals surface area contributed by atoms with Crippen LogP contribution >= 0.6 is 0 Å². The third-order valence-corrected chi connectivity index (χ3v) is 4.60. The lowest BCUT2D eigenvalue weighted by atomic mass is 10.1. The number of hydrogen-bond acceptors (Lipinski definition) is 8. The van der Waals surface area contributed by atoms with E-state index in [1.54, 1.807) is 42.3 Å². The Bertz CT molecular complexity index is 852. The molecule has 2 aromatic rings. The number of anilines is 3. The summed E-state index contributed by atoms with van der Waals surface area (Å²) in [6.07, 6.45) is 2.94. The van der Waals surface area contributed by atoms with E-state index in [2.05, 4.69) is 20.6 Å². The van der Waals surface area contributed by atoms with Crippen molar-refractivity contribution in [3.05, 3.63) is 42.1 Å². The molecule has 0 bridgehead atoms. The Morgan fingerprint density at radius 1 is 1.21 bits per heavy atom. The standard InChI is InChI=1S/C20H25N5O4/c1-3-29-20(27)25-12-9-14(10-13-25)22-19-21-11-8-17(24-19)23-16-7-5-4-6-15(16)18(26)28-2/h4-8,11,14H,3,9-10,12-13H2,1-2H3,(H2,21,22,23,24). The maximum absolute atomic E-state index is 11.9. The average molecular weight is 399 g/mol. The first-order chi connectivity index (χ1) is 14.1. The normalized spacial score (nSPS) is 14.2. The number of carbonyl (C=O) groups excluding carboxylic acids is 2. The number of benzene rings is 1. The Labute approximate surface area is 169 Å². The molecule has 1 amide bonds. The highest BCUT2D eigenvalue weighted by molar-refractivity contribution is 5.96. The summed E-state index contributed by atoms with van der Waals surface area (Å²) in [4.78, 5) is 34.2. The summed E-state index contributed by atoms with van der Waals surface area (Å²) in [7, 11) is 1.35.